The van der Waals surface area contributed by atoms with Crippen LogP contribution in [0.15, 0.2) is 42.5 Å². The molecule has 0 aliphatic carbocycles. The first-order valence-electron chi connectivity index (χ1n) is 6.65. The van der Waals surface area contributed by atoms with Crippen LogP contribution in [0, 0.1) is 0 Å². The van der Waals surface area contributed by atoms with E-state index < -0.39 is 0 Å². The van der Waals surface area contributed by atoms with Crippen LogP contribution in [0.5, 0.6) is 0 Å². The van der Waals surface area contributed by atoms with Crippen LogP contribution in [0.4, 0.5) is 0 Å². The van der Waals surface area contributed by atoms with E-state index in [2.05, 4.69) is 10.2 Å². The highest BCUT2D eigenvalue weighted by atomic mass is 35.5. The van der Waals surface area contributed by atoms with Gasteiger partial charge in [-0.15, -0.1) is 0 Å². The van der Waals surface area contributed by atoms with E-state index in [-0.39, 0.29) is 6.04 Å². The first-order valence-corrected chi connectivity index (χ1v) is 7.41. The van der Waals surface area contributed by atoms with Gasteiger partial charge in [0.1, 0.15) is 11.0 Å². The molecule has 108 valence electrons. The lowest BCUT2D eigenvalue weighted by Gasteiger charge is -2.16. The van der Waals surface area contributed by atoms with Crippen LogP contribution in [0.25, 0.3) is 11.0 Å². The van der Waals surface area contributed by atoms with Crippen LogP contribution < -0.4 is 5.73 Å². The van der Waals surface area contributed by atoms with Gasteiger partial charge in [-0.1, -0.05) is 41.4 Å². The van der Waals surface area contributed by atoms with E-state index in [4.69, 9.17) is 28.9 Å². The molecule has 1 aromatic heterocycles. The van der Waals surface area contributed by atoms with Crippen molar-refractivity contribution < 1.29 is 0 Å². The van der Waals surface area contributed by atoms with Crippen LogP contribution in [0.1, 0.15) is 18.0 Å². The summed E-state index contributed by atoms with van der Waals surface area (Å²) >= 11 is 12.1. The van der Waals surface area contributed by atoms with E-state index in [1.807, 2.05) is 36.4 Å². The second-order valence-electron chi connectivity index (χ2n) is 4.78. The third kappa shape index (κ3) is 2.88. The third-order valence-corrected chi connectivity index (χ3v) is 4.09. The molecule has 1 heterocycles. The summed E-state index contributed by atoms with van der Waals surface area (Å²) in [5.41, 5.74) is 8.46. The molecule has 21 heavy (non-hydrogen) atoms. The summed E-state index contributed by atoms with van der Waals surface area (Å²) < 4.78 is 0. The topological polar surface area (TPSA) is 56.7 Å². The molecule has 0 radical (unpaired) electrons. The molecule has 3 rings (SSSR count). The monoisotopic (exact) mass is 320 g/mol. The van der Waals surface area contributed by atoms with Gasteiger partial charge in [-0.25, -0.2) is 0 Å². The van der Waals surface area contributed by atoms with Crippen molar-refractivity contribution in [2.45, 2.75) is 12.5 Å². The average molecular weight is 321 g/mol. The Balaban J connectivity index is 2.05. The molecule has 0 bridgehead atoms. The summed E-state index contributed by atoms with van der Waals surface area (Å²) in [6.07, 6.45) is 0.721. The van der Waals surface area contributed by atoms with Crippen molar-refractivity contribution in [3.05, 3.63) is 58.1 Å². The molecule has 2 N–H and O–H groups in total. The molecule has 0 amide bonds. The lowest BCUT2D eigenvalue weighted by molar-refractivity contribution is 0.445. The van der Waals surface area contributed by atoms with Crippen molar-refractivity contribution in [3.63, 3.8) is 0 Å². The average Bonchev–Trinajstić information content (AvgIpc) is 2.91. The zero-order valence-electron chi connectivity index (χ0n) is 11.2. The van der Waals surface area contributed by atoms with E-state index >= 15 is 0 Å². The number of hydrogen-bond acceptors (Lipinski definition) is 3. The molecule has 0 spiro atoms. The molecule has 0 saturated carbocycles. The number of hydrogen-bond donors (Lipinski definition) is 1. The first kappa shape index (κ1) is 14.3. The number of aromatic nitrogens is 3. The number of rotatable bonds is 4. The van der Waals surface area contributed by atoms with E-state index in [0.717, 1.165) is 23.0 Å². The number of nitrogens with two attached hydrogens (primary N) is 1. The lowest BCUT2D eigenvalue weighted by atomic mass is 10.0. The van der Waals surface area contributed by atoms with Gasteiger partial charge in [0.2, 0.25) is 0 Å². The van der Waals surface area contributed by atoms with Gasteiger partial charge in [-0.05, 0) is 42.8 Å². The van der Waals surface area contributed by atoms with Crippen LogP contribution >= 0.6 is 23.2 Å². The Morgan fingerprint density at radius 1 is 1.00 bits per heavy atom. The van der Waals surface area contributed by atoms with Gasteiger partial charge in [0.05, 0.1) is 16.1 Å². The maximum absolute atomic E-state index is 6.11. The summed E-state index contributed by atoms with van der Waals surface area (Å²) in [4.78, 5) is 1.71. The van der Waals surface area contributed by atoms with E-state index in [1.54, 1.807) is 10.9 Å². The molecule has 0 fully saturated rings. The summed E-state index contributed by atoms with van der Waals surface area (Å²) in [7, 11) is 0. The Hall–Kier alpha value is -1.62. The van der Waals surface area contributed by atoms with Crippen LogP contribution in [-0.2, 0) is 0 Å². The van der Waals surface area contributed by atoms with Crippen molar-refractivity contribution in [3.8, 4) is 0 Å². The molecule has 0 saturated heterocycles. The second kappa shape index (κ2) is 6.02. The number of nitrogens with zero attached hydrogens (tertiary/aromatic N) is 3. The summed E-state index contributed by atoms with van der Waals surface area (Å²) in [5, 5.41) is 10.1. The smallest absolute Gasteiger partial charge is 0.113 e. The van der Waals surface area contributed by atoms with Crippen LogP contribution in [-0.4, -0.2) is 21.5 Å². The maximum atomic E-state index is 6.11. The van der Waals surface area contributed by atoms with Gasteiger partial charge in [0.25, 0.3) is 0 Å². The van der Waals surface area contributed by atoms with E-state index in [0.29, 0.717) is 16.6 Å². The number of halogens is 2. The van der Waals surface area contributed by atoms with Gasteiger partial charge in [-0.2, -0.15) is 15.0 Å². The molecule has 1 unspecified atom stereocenters. The molecular formula is C15H14Cl2N4. The molecule has 4 nitrogen and oxygen atoms in total. The first-order chi connectivity index (χ1) is 10.2. The standard InChI is InChI=1S/C15H14Cl2N4/c16-11-6-5-10(9-12(11)17)15(7-8-18)21-19-13-3-1-2-4-14(13)20-21/h1-6,9,15H,7-8,18H2. The molecule has 1 atom stereocenters. The van der Waals surface area contributed by atoms with Crippen molar-refractivity contribution in [1.82, 2.24) is 15.0 Å². The Bertz CT molecular complexity index is 736. The normalized spacial score (nSPS) is 12.7. The van der Waals surface area contributed by atoms with Crippen LogP contribution in [0.2, 0.25) is 10.0 Å². The molecule has 2 aromatic carbocycles. The van der Waals surface area contributed by atoms with E-state index in [9.17, 15) is 0 Å². The predicted octanol–water partition coefficient (Wildman–Crippen LogP) is 3.68. The van der Waals surface area contributed by atoms with Gasteiger partial charge >= 0.3 is 0 Å². The fourth-order valence-corrected chi connectivity index (χ4v) is 2.62. The minimum absolute atomic E-state index is 0.0582. The zero-order valence-corrected chi connectivity index (χ0v) is 12.7. The Morgan fingerprint density at radius 3 is 2.24 bits per heavy atom. The number of benzene rings is 2. The lowest BCUT2D eigenvalue weighted by Crippen LogP contribution is -2.17. The molecule has 0 aliphatic heterocycles. The van der Waals surface area contributed by atoms with Crippen molar-refractivity contribution in [1.29, 1.82) is 0 Å². The van der Waals surface area contributed by atoms with Gasteiger partial charge < -0.3 is 5.73 Å². The highest BCUT2D eigenvalue weighted by Gasteiger charge is 2.17. The minimum Gasteiger partial charge on any atom is -0.330 e. The van der Waals surface area contributed by atoms with Gasteiger partial charge in [-0.3, -0.25) is 0 Å². The van der Waals surface area contributed by atoms with Crippen molar-refractivity contribution in [2.75, 3.05) is 6.54 Å². The second-order valence-corrected chi connectivity index (χ2v) is 5.59. The molecule has 3 aromatic rings. The highest BCUT2D eigenvalue weighted by Crippen LogP contribution is 2.28. The van der Waals surface area contributed by atoms with Gasteiger partial charge in [0.15, 0.2) is 0 Å². The molecular weight excluding hydrogens is 307 g/mol. The van der Waals surface area contributed by atoms with Crippen molar-refractivity contribution >= 4 is 34.2 Å². The highest BCUT2D eigenvalue weighted by molar-refractivity contribution is 6.42. The van der Waals surface area contributed by atoms with Gasteiger partial charge in [0, 0.05) is 0 Å². The largest absolute Gasteiger partial charge is 0.330 e. The minimum atomic E-state index is -0.0582. The van der Waals surface area contributed by atoms with E-state index in [1.165, 1.54) is 0 Å². The number of fused-ring (bicyclic) bond motifs is 1. The fraction of sp³-hybridized carbons (Fsp3) is 0.200. The zero-order chi connectivity index (χ0) is 14.8. The summed E-state index contributed by atoms with van der Waals surface area (Å²) in [6.45, 7) is 0.531. The Labute approximate surface area is 132 Å². The third-order valence-electron chi connectivity index (χ3n) is 3.35. The summed E-state index contributed by atoms with van der Waals surface area (Å²) in [5.74, 6) is 0. The Kier molecular flexibility index (Phi) is 4.10. The fourth-order valence-electron chi connectivity index (χ4n) is 2.31. The predicted molar refractivity (Wildman–Crippen MR) is 85.8 cm³/mol. The SMILES string of the molecule is NCCC(c1ccc(Cl)c(Cl)c1)n1nc2ccccc2n1. The maximum Gasteiger partial charge on any atom is 0.113 e. The molecule has 0 aliphatic rings. The van der Waals surface area contributed by atoms with Crippen molar-refractivity contribution in [2.24, 2.45) is 5.73 Å². The summed E-state index contributed by atoms with van der Waals surface area (Å²) in [6, 6.07) is 13.3. The molecule has 6 heteroatoms. The quantitative estimate of drug-likeness (QED) is 0.797. The van der Waals surface area contributed by atoms with Crippen LogP contribution in [0.3, 0.4) is 0 Å². The Morgan fingerprint density at radius 2 is 1.67 bits per heavy atom.